The van der Waals surface area contributed by atoms with E-state index >= 15 is 0 Å². The van der Waals surface area contributed by atoms with Gasteiger partial charge in [0, 0.05) is 10.0 Å². The van der Waals surface area contributed by atoms with Gasteiger partial charge in [0.2, 0.25) is 5.91 Å². The summed E-state index contributed by atoms with van der Waals surface area (Å²) in [6, 6.07) is 15.2. The highest BCUT2D eigenvalue weighted by molar-refractivity contribution is 9.10. The van der Waals surface area contributed by atoms with E-state index in [2.05, 4.69) is 26.5 Å². The molecule has 0 aliphatic carbocycles. The van der Waals surface area contributed by atoms with Gasteiger partial charge in [0.1, 0.15) is 5.75 Å². The van der Waals surface area contributed by atoms with E-state index in [0.717, 1.165) is 21.3 Å². The van der Waals surface area contributed by atoms with Crippen molar-refractivity contribution in [3.8, 4) is 5.75 Å². The number of halogens is 1. The molecule has 2 rings (SSSR count). The van der Waals surface area contributed by atoms with Crippen molar-refractivity contribution in [2.75, 3.05) is 6.61 Å². The third-order valence-electron chi connectivity index (χ3n) is 2.87. The lowest BCUT2D eigenvalue weighted by Gasteiger charge is -2.07. The summed E-state index contributed by atoms with van der Waals surface area (Å²) in [4.78, 5) is 11.8. The van der Waals surface area contributed by atoms with Crippen LogP contribution in [0.1, 0.15) is 18.1 Å². The van der Waals surface area contributed by atoms with Crippen molar-refractivity contribution in [1.82, 2.24) is 5.43 Å². The van der Waals surface area contributed by atoms with Gasteiger partial charge in [-0.25, -0.2) is 5.43 Å². The minimum Gasteiger partial charge on any atom is -0.493 e. The number of carbonyl (C=O) groups excluding carboxylic acids is 1. The number of hydrazone groups is 1. The molecule has 0 heterocycles. The van der Waals surface area contributed by atoms with Crippen LogP contribution in [0.5, 0.6) is 5.75 Å². The highest BCUT2D eigenvalue weighted by atomic mass is 79.9. The molecule has 0 unspecified atom stereocenters. The lowest BCUT2D eigenvalue weighted by molar-refractivity contribution is -0.120. The smallest absolute Gasteiger partial charge is 0.244 e. The quantitative estimate of drug-likeness (QED) is 0.632. The van der Waals surface area contributed by atoms with E-state index in [1.54, 1.807) is 6.21 Å². The molecular weight excluding hydrogens is 344 g/mol. The van der Waals surface area contributed by atoms with Crippen molar-refractivity contribution in [2.45, 2.75) is 13.3 Å². The van der Waals surface area contributed by atoms with E-state index in [1.165, 1.54) is 0 Å². The number of amides is 1. The van der Waals surface area contributed by atoms with Crippen molar-refractivity contribution in [3.63, 3.8) is 0 Å². The Kier molecular flexibility index (Phi) is 6.15. The normalized spacial score (nSPS) is 10.6. The van der Waals surface area contributed by atoms with Crippen molar-refractivity contribution >= 4 is 28.1 Å². The average Bonchev–Trinajstić information content (AvgIpc) is 2.51. The first kappa shape index (κ1) is 16.2. The maximum Gasteiger partial charge on any atom is 0.244 e. The Bertz CT molecular complexity index is 657. The van der Waals surface area contributed by atoms with Crippen LogP contribution in [0.3, 0.4) is 0 Å². The van der Waals surface area contributed by atoms with Gasteiger partial charge in [0.25, 0.3) is 0 Å². The highest BCUT2D eigenvalue weighted by Crippen LogP contribution is 2.21. The summed E-state index contributed by atoms with van der Waals surface area (Å²) in [5, 5.41) is 4.00. The molecule has 0 atom stereocenters. The Hall–Kier alpha value is -2.14. The second kappa shape index (κ2) is 8.34. The number of rotatable bonds is 6. The zero-order valence-corrected chi connectivity index (χ0v) is 13.8. The molecule has 5 heteroatoms. The molecule has 0 aromatic heterocycles. The molecule has 0 spiro atoms. The van der Waals surface area contributed by atoms with Crippen LogP contribution in [-0.4, -0.2) is 18.7 Å². The number of ether oxygens (including phenoxy) is 1. The largest absolute Gasteiger partial charge is 0.493 e. The maximum atomic E-state index is 11.8. The van der Waals surface area contributed by atoms with Gasteiger partial charge >= 0.3 is 0 Å². The third-order valence-corrected chi connectivity index (χ3v) is 3.37. The van der Waals surface area contributed by atoms with Gasteiger partial charge in [-0.1, -0.05) is 46.3 Å². The molecule has 1 N–H and O–H groups in total. The third kappa shape index (κ3) is 5.00. The summed E-state index contributed by atoms with van der Waals surface area (Å²) in [6.07, 6.45) is 1.88. The monoisotopic (exact) mass is 360 g/mol. The Morgan fingerprint density at radius 2 is 2.05 bits per heavy atom. The van der Waals surface area contributed by atoms with E-state index in [-0.39, 0.29) is 5.91 Å². The minimum atomic E-state index is -0.157. The van der Waals surface area contributed by atoms with Crippen LogP contribution in [-0.2, 0) is 11.2 Å². The summed E-state index contributed by atoms with van der Waals surface area (Å²) in [5.74, 6) is 0.571. The summed E-state index contributed by atoms with van der Waals surface area (Å²) >= 11 is 3.41. The molecule has 2 aromatic rings. The van der Waals surface area contributed by atoms with E-state index in [1.807, 2.05) is 55.5 Å². The molecule has 0 fully saturated rings. The molecular formula is C17H17BrN2O2. The standard InChI is InChI=1S/C17H17BrN2O2/c1-2-22-16-9-8-15(18)11-14(16)12-19-20-17(21)10-13-6-4-3-5-7-13/h3-9,11-12H,2,10H2,1H3,(H,20,21)/b19-12-. The summed E-state index contributed by atoms with van der Waals surface area (Å²) < 4.78 is 6.44. The van der Waals surface area contributed by atoms with Crippen LogP contribution in [0, 0.1) is 0 Å². The summed E-state index contributed by atoms with van der Waals surface area (Å²) in [6.45, 7) is 2.49. The zero-order valence-electron chi connectivity index (χ0n) is 12.3. The Balaban J connectivity index is 1.97. The number of hydrogen-bond donors (Lipinski definition) is 1. The number of nitrogens with one attached hydrogen (secondary N) is 1. The molecule has 2 aromatic carbocycles. The van der Waals surface area contributed by atoms with Crippen LogP contribution in [0.4, 0.5) is 0 Å². The van der Waals surface area contributed by atoms with E-state index in [4.69, 9.17) is 4.74 Å². The number of carbonyl (C=O) groups is 1. The summed E-state index contributed by atoms with van der Waals surface area (Å²) in [7, 11) is 0. The molecule has 0 radical (unpaired) electrons. The highest BCUT2D eigenvalue weighted by Gasteiger charge is 2.03. The molecule has 0 saturated heterocycles. The van der Waals surface area contributed by atoms with Gasteiger partial charge in [0.15, 0.2) is 0 Å². The van der Waals surface area contributed by atoms with Crippen molar-refractivity contribution < 1.29 is 9.53 Å². The van der Waals surface area contributed by atoms with Crippen molar-refractivity contribution in [3.05, 3.63) is 64.1 Å². The van der Waals surface area contributed by atoms with Gasteiger partial charge in [-0.15, -0.1) is 0 Å². The first-order chi connectivity index (χ1) is 10.7. The fourth-order valence-corrected chi connectivity index (χ4v) is 2.28. The summed E-state index contributed by atoms with van der Waals surface area (Å²) in [5.41, 5.74) is 4.28. The molecule has 0 saturated carbocycles. The van der Waals surface area contributed by atoms with Gasteiger partial charge < -0.3 is 4.74 Å². The number of hydrogen-bond acceptors (Lipinski definition) is 3. The molecule has 4 nitrogen and oxygen atoms in total. The van der Waals surface area contributed by atoms with Crippen molar-refractivity contribution in [2.24, 2.45) is 5.10 Å². The number of nitrogens with zero attached hydrogens (tertiary/aromatic N) is 1. The van der Waals surface area contributed by atoms with E-state index < -0.39 is 0 Å². The predicted molar refractivity (Wildman–Crippen MR) is 91.2 cm³/mol. The lowest BCUT2D eigenvalue weighted by Crippen LogP contribution is -2.19. The van der Waals surface area contributed by atoms with Crippen LogP contribution in [0.2, 0.25) is 0 Å². The molecule has 0 aliphatic rings. The van der Waals surface area contributed by atoms with Gasteiger partial charge in [0.05, 0.1) is 19.2 Å². The van der Waals surface area contributed by atoms with Gasteiger partial charge in [-0.05, 0) is 30.7 Å². The predicted octanol–water partition coefficient (Wildman–Crippen LogP) is 3.54. The van der Waals surface area contributed by atoms with Crippen LogP contribution in [0.25, 0.3) is 0 Å². The molecule has 114 valence electrons. The lowest BCUT2D eigenvalue weighted by atomic mass is 10.1. The fourth-order valence-electron chi connectivity index (χ4n) is 1.90. The SMILES string of the molecule is CCOc1ccc(Br)cc1/C=N\NC(=O)Cc1ccccc1. The number of benzene rings is 2. The fraction of sp³-hybridized carbons (Fsp3) is 0.176. The maximum absolute atomic E-state index is 11.8. The van der Waals surface area contributed by atoms with Gasteiger partial charge in [-0.3, -0.25) is 4.79 Å². The first-order valence-electron chi connectivity index (χ1n) is 6.97. The zero-order chi connectivity index (χ0) is 15.8. The van der Waals surface area contributed by atoms with Crippen molar-refractivity contribution in [1.29, 1.82) is 0 Å². The minimum absolute atomic E-state index is 0.157. The Labute approximate surface area is 138 Å². The van der Waals surface area contributed by atoms with Gasteiger partial charge in [-0.2, -0.15) is 5.10 Å². The van der Waals surface area contributed by atoms with Crippen LogP contribution >= 0.6 is 15.9 Å². The molecule has 0 aliphatic heterocycles. The van der Waals surface area contributed by atoms with Crippen LogP contribution < -0.4 is 10.2 Å². The van der Waals surface area contributed by atoms with E-state index in [0.29, 0.717) is 13.0 Å². The Morgan fingerprint density at radius 1 is 1.27 bits per heavy atom. The first-order valence-corrected chi connectivity index (χ1v) is 7.76. The second-order valence-electron chi connectivity index (χ2n) is 4.57. The molecule has 1 amide bonds. The average molecular weight is 361 g/mol. The Morgan fingerprint density at radius 3 is 2.77 bits per heavy atom. The molecule has 0 bridgehead atoms. The van der Waals surface area contributed by atoms with Crippen LogP contribution in [0.15, 0.2) is 58.1 Å². The van der Waals surface area contributed by atoms with E-state index in [9.17, 15) is 4.79 Å². The topological polar surface area (TPSA) is 50.7 Å². The molecule has 22 heavy (non-hydrogen) atoms. The second-order valence-corrected chi connectivity index (χ2v) is 5.49.